The van der Waals surface area contributed by atoms with Crippen molar-refractivity contribution in [2.75, 3.05) is 26.2 Å². The van der Waals surface area contributed by atoms with Crippen molar-refractivity contribution in [1.29, 1.82) is 0 Å². The Balaban J connectivity index is 1.61. The number of amides is 1. The molecule has 1 aromatic heterocycles. The molecule has 0 spiro atoms. The van der Waals surface area contributed by atoms with Crippen molar-refractivity contribution < 1.29 is 4.79 Å². The maximum absolute atomic E-state index is 11.7. The monoisotopic (exact) mass is 250 g/mol. The second-order valence-electron chi connectivity index (χ2n) is 4.91. The Bertz CT molecular complexity index is 382. The highest BCUT2D eigenvalue weighted by Crippen LogP contribution is 2.08. The predicted molar refractivity (Wildman–Crippen MR) is 70.4 cm³/mol. The van der Waals surface area contributed by atoms with Gasteiger partial charge in [0.2, 0.25) is 0 Å². The SMILES string of the molecule is Cn1cc(C(=O)NCCCN2CCCCC2)cn1. The van der Waals surface area contributed by atoms with E-state index in [1.165, 1.54) is 32.4 Å². The van der Waals surface area contributed by atoms with Crippen molar-refractivity contribution in [1.82, 2.24) is 20.0 Å². The zero-order valence-electron chi connectivity index (χ0n) is 11.1. The molecule has 1 aliphatic rings. The van der Waals surface area contributed by atoms with Crippen LogP contribution in [0.1, 0.15) is 36.0 Å². The molecule has 1 aliphatic heterocycles. The van der Waals surface area contributed by atoms with E-state index in [0.29, 0.717) is 5.56 Å². The van der Waals surface area contributed by atoms with Crippen LogP contribution in [0.5, 0.6) is 0 Å². The van der Waals surface area contributed by atoms with Crippen molar-refractivity contribution in [2.45, 2.75) is 25.7 Å². The van der Waals surface area contributed by atoms with Gasteiger partial charge in [-0.25, -0.2) is 0 Å². The van der Waals surface area contributed by atoms with Gasteiger partial charge in [0.25, 0.3) is 5.91 Å². The molecule has 5 nitrogen and oxygen atoms in total. The Morgan fingerprint density at radius 1 is 1.39 bits per heavy atom. The van der Waals surface area contributed by atoms with E-state index < -0.39 is 0 Å². The number of piperidine rings is 1. The lowest BCUT2D eigenvalue weighted by Gasteiger charge is -2.26. The zero-order chi connectivity index (χ0) is 12.8. The second-order valence-corrected chi connectivity index (χ2v) is 4.91. The van der Waals surface area contributed by atoms with E-state index in [9.17, 15) is 4.79 Å². The summed E-state index contributed by atoms with van der Waals surface area (Å²) >= 11 is 0. The zero-order valence-corrected chi connectivity index (χ0v) is 11.1. The molecule has 1 amide bonds. The van der Waals surface area contributed by atoms with Crippen LogP contribution in [0, 0.1) is 0 Å². The smallest absolute Gasteiger partial charge is 0.254 e. The largest absolute Gasteiger partial charge is 0.352 e. The number of carbonyl (C=O) groups is 1. The minimum Gasteiger partial charge on any atom is -0.352 e. The summed E-state index contributed by atoms with van der Waals surface area (Å²) in [4.78, 5) is 14.2. The van der Waals surface area contributed by atoms with Crippen LogP contribution in [-0.4, -0.2) is 46.8 Å². The maximum atomic E-state index is 11.7. The molecule has 100 valence electrons. The van der Waals surface area contributed by atoms with E-state index in [4.69, 9.17) is 0 Å². The molecule has 0 radical (unpaired) electrons. The molecule has 0 unspecified atom stereocenters. The molecule has 1 aromatic rings. The third-order valence-electron chi connectivity index (χ3n) is 3.35. The van der Waals surface area contributed by atoms with Gasteiger partial charge in [-0.2, -0.15) is 5.10 Å². The molecule has 2 heterocycles. The summed E-state index contributed by atoms with van der Waals surface area (Å²) < 4.78 is 1.64. The summed E-state index contributed by atoms with van der Waals surface area (Å²) in [7, 11) is 1.81. The van der Waals surface area contributed by atoms with Crippen molar-refractivity contribution in [3.05, 3.63) is 18.0 Å². The van der Waals surface area contributed by atoms with Gasteiger partial charge in [0, 0.05) is 19.8 Å². The van der Waals surface area contributed by atoms with Crippen molar-refractivity contribution in [3.63, 3.8) is 0 Å². The summed E-state index contributed by atoms with van der Waals surface area (Å²) in [6.45, 7) is 4.27. The first-order chi connectivity index (χ1) is 8.75. The Hall–Kier alpha value is -1.36. The Morgan fingerprint density at radius 3 is 2.83 bits per heavy atom. The van der Waals surface area contributed by atoms with Gasteiger partial charge in [0.05, 0.1) is 11.8 Å². The molecule has 0 atom stereocenters. The minimum atomic E-state index is -0.0262. The molecule has 0 saturated carbocycles. The van der Waals surface area contributed by atoms with Gasteiger partial charge in [0.1, 0.15) is 0 Å². The predicted octanol–water partition coefficient (Wildman–Crippen LogP) is 1.03. The molecule has 18 heavy (non-hydrogen) atoms. The molecule has 1 fully saturated rings. The fourth-order valence-electron chi connectivity index (χ4n) is 2.33. The first-order valence-corrected chi connectivity index (χ1v) is 6.75. The lowest BCUT2D eigenvalue weighted by atomic mass is 10.1. The van der Waals surface area contributed by atoms with Gasteiger partial charge in [-0.05, 0) is 38.9 Å². The number of hydrogen-bond donors (Lipinski definition) is 1. The van der Waals surface area contributed by atoms with E-state index in [-0.39, 0.29) is 5.91 Å². The Labute approximate surface area is 108 Å². The fourth-order valence-corrected chi connectivity index (χ4v) is 2.33. The number of rotatable bonds is 5. The lowest BCUT2D eigenvalue weighted by Crippen LogP contribution is -2.33. The maximum Gasteiger partial charge on any atom is 0.254 e. The molecule has 5 heteroatoms. The number of aromatic nitrogens is 2. The van der Waals surface area contributed by atoms with E-state index in [0.717, 1.165) is 19.5 Å². The first kappa shape index (κ1) is 13.1. The third-order valence-corrected chi connectivity index (χ3v) is 3.35. The van der Waals surface area contributed by atoms with Crippen LogP contribution in [0.15, 0.2) is 12.4 Å². The Morgan fingerprint density at radius 2 is 2.17 bits per heavy atom. The standard InChI is InChI=1S/C13H22N4O/c1-16-11-12(10-15-16)13(18)14-6-5-9-17-7-3-2-4-8-17/h10-11H,2-9H2,1H3,(H,14,18). The molecule has 2 rings (SSSR count). The summed E-state index contributed by atoms with van der Waals surface area (Å²) in [5.74, 6) is -0.0262. The van der Waals surface area contributed by atoms with E-state index in [2.05, 4.69) is 15.3 Å². The van der Waals surface area contributed by atoms with Gasteiger partial charge in [-0.3, -0.25) is 9.48 Å². The molecule has 0 aliphatic carbocycles. The van der Waals surface area contributed by atoms with Crippen molar-refractivity contribution in [3.8, 4) is 0 Å². The van der Waals surface area contributed by atoms with Crippen LogP contribution in [0.4, 0.5) is 0 Å². The number of nitrogens with zero attached hydrogens (tertiary/aromatic N) is 3. The molecular weight excluding hydrogens is 228 g/mol. The number of likely N-dealkylation sites (tertiary alicyclic amines) is 1. The lowest BCUT2D eigenvalue weighted by molar-refractivity contribution is 0.0951. The third kappa shape index (κ3) is 3.84. The number of hydrogen-bond acceptors (Lipinski definition) is 3. The molecule has 0 bridgehead atoms. The van der Waals surface area contributed by atoms with Crippen molar-refractivity contribution >= 4 is 5.91 Å². The Kier molecular flexibility index (Phi) is 4.75. The van der Waals surface area contributed by atoms with Crippen LogP contribution in [0.25, 0.3) is 0 Å². The summed E-state index contributed by atoms with van der Waals surface area (Å²) in [5.41, 5.74) is 0.635. The van der Waals surface area contributed by atoms with Gasteiger partial charge in [0.15, 0.2) is 0 Å². The summed E-state index contributed by atoms with van der Waals surface area (Å²) in [6, 6.07) is 0. The van der Waals surface area contributed by atoms with E-state index in [1.807, 2.05) is 7.05 Å². The van der Waals surface area contributed by atoms with E-state index in [1.54, 1.807) is 17.1 Å². The molecule has 1 saturated heterocycles. The van der Waals surface area contributed by atoms with Gasteiger partial charge in [-0.15, -0.1) is 0 Å². The first-order valence-electron chi connectivity index (χ1n) is 6.75. The van der Waals surface area contributed by atoms with Gasteiger partial charge < -0.3 is 10.2 Å². The van der Waals surface area contributed by atoms with Crippen LogP contribution in [-0.2, 0) is 7.05 Å². The quantitative estimate of drug-likeness (QED) is 0.794. The highest BCUT2D eigenvalue weighted by molar-refractivity contribution is 5.93. The highest BCUT2D eigenvalue weighted by atomic mass is 16.1. The highest BCUT2D eigenvalue weighted by Gasteiger charge is 2.10. The van der Waals surface area contributed by atoms with Crippen LogP contribution in [0.3, 0.4) is 0 Å². The number of carbonyl (C=O) groups excluding carboxylic acids is 1. The van der Waals surface area contributed by atoms with Crippen LogP contribution >= 0.6 is 0 Å². The van der Waals surface area contributed by atoms with Gasteiger partial charge in [-0.1, -0.05) is 6.42 Å². The normalized spacial score (nSPS) is 16.7. The fraction of sp³-hybridized carbons (Fsp3) is 0.692. The molecule has 0 aromatic carbocycles. The summed E-state index contributed by atoms with van der Waals surface area (Å²) in [6.07, 6.45) is 8.37. The number of aryl methyl sites for hydroxylation is 1. The van der Waals surface area contributed by atoms with Crippen molar-refractivity contribution in [2.24, 2.45) is 7.05 Å². The van der Waals surface area contributed by atoms with E-state index >= 15 is 0 Å². The topological polar surface area (TPSA) is 50.2 Å². The number of nitrogens with one attached hydrogen (secondary N) is 1. The molecular formula is C13H22N4O. The van der Waals surface area contributed by atoms with Gasteiger partial charge >= 0.3 is 0 Å². The minimum absolute atomic E-state index is 0.0262. The average molecular weight is 250 g/mol. The van der Waals surface area contributed by atoms with Crippen LogP contribution < -0.4 is 5.32 Å². The average Bonchev–Trinajstić information content (AvgIpc) is 2.82. The summed E-state index contributed by atoms with van der Waals surface area (Å²) in [5, 5.41) is 6.92. The second kappa shape index (κ2) is 6.54. The van der Waals surface area contributed by atoms with Crippen LogP contribution in [0.2, 0.25) is 0 Å². The molecule has 1 N–H and O–H groups in total.